The van der Waals surface area contributed by atoms with E-state index in [0.717, 1.165) is 31.7 Å². The standard InChI is InChI=1S/C19H27N3O4/c1-2-20-17(23)14-21-10-8-19(9-11-21)15-22(18(24)26-19)12-13-25-16-6-4-3-5-7-16/h3-7H,2,8-15H2,1H3,(H,20,23). The highest BCUT2D eigenvalue weighted by Gasteiger charge is 2.46. The summed E-state index contributed by atoms with van der Waals surface area (Å²) >= 11 is 0. The van der Waals surface area contributed by atoms with Crippen molar-refractivity contribution in [3.05, 3.63) is 30.3 Å². The molecule has 142 valence electrons. The number of nitrogens with one attached hydrogen (secondary N) is 1. The second-order valence-electron chi connectivity index (χ2n) is 6.86. The van der Waals surface area contributed by atoms with Crippen LogP contribution in [-0.4, -0.2) is 73.3 Å². The Morgan fingerprint density at radius 2 is 2.00 bits per heavy atom. The molecule has 3 rings (SSSR count). The topological polar surface area (TPSA) is 71.1 Å². The number of likely N-dealkylation sites (tertiary alicyclic amines) is 1. The highest BCUT2D eigenvalue weighted by atomic mass is 16.6. The van der Waals surface area contributed by atoms with E-state index in [0.29, 0.717) is 32.8 Å². The fraction of sp³-hybridized carbons (Fsp3) is 0.579. The molecule has 2 aliphatic heterocycles. The summed E-state index contributed by atoms with van der Waals surface area (Å²) in [6.45, 7) is 6.05. The molecule has 1 N–H and O–H groups in total. The zero-order chi connectivity index (χ0) is 18.4. The Hall–Kier alpha value is -2.28. The van der Waals surface area contributed by atoms with Gasteiger partial charge in [0.1, 0.15) is 18.0 Å². The fourth-order valence-corrected chi connectivity index (χ4v) is 3.49. The molecule has 2 heterocycles. The van der Waals surface area contributed by atoms with Crippen LogP contribution < -0.4 is 10.1 Å². The monoisotopic (exact) mass is 361 g/mol. The maximum absolute atomic E-state index is 12.2. The molecule has 7 heteroatoms. The summed E-state index contributed by atoms with van der Waals surface area (Å²) < 4.78 is 11.4. The van der Waals surface area contributed by atoms with Crippen molar-refractivity contribution in [1.82, 2.24) is 15.1 Å². The van der Waals surface area contributed by atoms with Crippen molar-refractivity contribution >= 4 is 12.0 Å². The fourth-order valence-electron chi connectivity index (χ4n) is 3.49. The highest BCUT2D eigenvalue weighted by molar-refractivity contribution is 5.78. The Morgan fingerprint density at radius 3 is 2.69 bits per heavy atom. The first-order chi connectivity index (χ1) is 12.6. The molecular formula is C19H27N3O4. The van der Waals surface area contributed by atoms with Gasteiger partial charge in [-0.1, -0.05) is 18.2 Å². The maximum atomic E-state index is 12.2. The number of amides is 2. The Kier molecular flexibility index (Phi) is 5.98. The number of benzene rings is 1. The minimum absolute atomic E-state index is 0.0477. The molecule has 2 saturated heterocycles. The predicted octanol–water partition coefficient (Wildman–Crippen LogP) is 1.49. The Morgan fingerprint density at radius 1 is 1.27 bits per heavy atom. The summed E-state index contributed by atoms with van der Waals surface area (Å²) in [6, 6.07) is 9.57. The first kappa shape index (κ1) is 18.5. The number of nitrogens with zero attached hydrogens (tertiary/aromatic N) is 2. The molecule has 2 aliphatic rings. The van der Waals surface area contributed by atoms with Crippen LogP contribution in [-0.2, 0) is 9.53 Å². The summed E-state index contributed by atoms with van der Waals surface area (Å²) in [4.78, 5) is 27.7. The van der Waals surface area contributed by atoms with Crippen molar-refractivity contribution in [2.24, 2.45) is 0 Å². The summed E-state index contributed by atoms with van der Waals surface area (Å²) in [6.07, 6.45) is 1.25. The van der Waals surface area contributed by atoms with Crippen LogP contribution >= 0.6 is 0 Å². The Balaban J connectivity index is 1.43. The van der Waals surface area contributed by atoms with Gasteiger partial charge in [0.25, 0.3) is 0 Å². The van der Waals surface area contributed by atoms with Crippen LogP contribution in [0, 0.1) is 0 Å². The molecule has 0 unspecified atom stereocenters. The summed E-state index contributed by atoms with van der Waals surface area (Å²) in [7, 11) is 0. The van der Waals surface area contributed by atoms with Gasteiger partial charge in [0.2, 0.25) is 5.91 Å². The van der Waals surface area contributed by atoms with Crippen molar-refractivity contribution in [2.45, 2.75) is 25.4 Å². The molecule has 2 amide bonds. The third kappa shape index (κ3) is 4.66. The minimum Gasteiger partial charge on any atom is -0.492 e. The molecule has 26 heavy (non-hydrogen) atoms. The summed E-state index contributed by atoms with van der Waals surface area (Å²) in [5.41, 5.74) is -0.415. The van der Waals surface area contributed by atoms with Crippen LogP contribution in [0.1, 0.15) is 19.8 Å². The summed E-state index contributed by atoms with van der Waals surface area (Å²) in [5, 5.41) is 2.82. The molecule has 0 atom stereocenters. The molecular weight excluding hydrogens is 334 g/mol. The normalized spacial score (nSPS) is 19.4. The molecule has 2 fully saturated rings. The van der Waals surface area contributed by atoms with Crippen LogP contribution in [0.2, 0.25) is 0 Å². The number of piperidine rings is 1. The zero-order valence-corrected chi connectivity index (χ0v) is 15.3. The molecule has 0 radical (unpaired) electrons. The number of ether oxygens (including phenoxy) is 2. The molecule has 0 aliphatic carbocycles. The van der Waals surface area contributed by atoms with E-state index >= 15 is 0 Å². The largest absolute Gasteiger partial charge is 0.492 e. The van der Waals surface area contributed by atoms with Crippen LogP contribution in [0.25, 0.3) is 0 Å². The molecule has 0 saturated carbocycles. The number of carbonyl (C=O) groups is 2. The van der Waals surface area contributed by atoms with Crippen molar-refractivity contribution in [3.8, 4) is 5.75 Å². The molecule has 0 bridgehead atoms. The zero-order valence-electron chi connectivity index (χ0n) is 15.3. The highest BCUT2D eigenvalue weighted by Crippen LogP contribution is 2.33. The van der Waals surface area contributed by atoms with Gasteiger partial charge >= 0.3 is 6.09 Å². The van der Waals surface area contributed by atoms with Gasteiger partial charge in [0, 0.05) is 32.5 Å². The van der Waals surface area contributed by atoms with Crippen LogP contribution in [0.4, 0.5) is 4.79 Å². The van der Waals surface area contributed by atoms with Gasteiger partial charge in [-0.15, -0.1) is 0 Å². The Bertz CT molecular complexity index is 614. The van der Waals surface area contributed by atoms with Crippen molar-refractivity contribution in [1.29, 1.82) is 0 Å². The van der Waals surface area contributed by atoms with Gasteiger partial charge in [-0.3, -0.25) is 9.69 Å². The number of rotatable bonds is 7. The molecule has 0 aromatic heterocycles. The van der Waals surface area contributed by atoms with E-state index in [1.807, 2.05) is 37.3 Å². The first-order valence-corrected chi connectivity index (χ1v) is 9.25. The lowest BCUT2D eigenvalue weighted by atomic mass is 9.91. The SMILES string of the molecule is CCNC(=O)CN1CCC2(CC1)CN(CCOc1ccccc1)C(=O)O2. The second-order valence-corrected chi connectivity index (χ2v) is 6.86. The lowest BCUT2D eigenvalue weighted by molar-refractivity contribution is -0.123. The van der Waals surface area contributed by atoms with Gasteiger partial charge in [-0.25, -0.2) is 4.79 Å². The lowest BCUT2D eigenvalue weighted by Crippen LogP contribution is -2.49. The molecule has 1 spiro atoms. The van der Waals surface area contributed by atoms with Crippen LogP contribution in [0.3, 0.4) is 0 Å². The first-order valence-electron chi connectivity index (χ1n) is 9.25. The van der Waals surface area contributed by atoms with E-state index in [9.17, 15) is 9.59 Å². The number of carbonyl (C=O) groups excluding carboxylic acids is 2. The van der Waals surface area contributed by atoms with Gasteiger partial charge in [-0.2, -0.15) is 0 Å². The third-order valence-electron chi connectivity index (χ3n) is 4.92. The van der Waals surface area contributed by atoms with E-state index in [4.69, 9.17) is 9.47 Å². The van der Waals surface area contributed by atoms with E-state index in [-0.39, 0.29) is 12.0 Å². The number of para-hydroxylation sites is 1. The van der Waals surface area contributed by atoms with Crippen LogP contribution in [0.15, 0.2) is 30.3 Å². The van der Waals surface area contributed by atoms with Crippen molar-refractivity contribution < 1.29 is 19.1 Å². The van der Waals surface area contributed by atoms with E-state index in [1.165, 1.54) is 0 Å². The average Bonchev–Trinajstić information content (AvgIpc) is 2.94. The summed E-state index contributed by atoms with van der Waals surface area (Å²) in [5.74, 6) is 0.847. The maximum Gasteiger partial charge on any atom is 0.410 e. The lowest BCUT2D eigenvalue weighted by Gasteiger charge is -2.37. The number of likely N-dealkylation sites (N-methyl/N-ethyl adjacent to an activating group) is 1. The van der Waals surface area contributed by atoms with Gasteiger partial charge < -0.3 is 19.7 Å². The molecule has 1 aromatic carbocycles. The second kappa shape index (κ2) is 8.40. The van der Waals surface area contributed by atoms with Crippen molar-refractivity contribution in [3.63, 3.8) is 0 Å². The molecule has 1 aromatic rings. The minimum atomic E-state index is -0.415. The Labute approximate surface area is 154 Å². The predicted molar refractivity (Wildman–Crippen MR) is 97.1 cm³/mol. The number of hydrogen-bond donors (Lipinski definition) is 1. The molecule has 7 nitrogen and oxygen atoms in total. The van der Waals surface area contributed by atoms with Gasteiger partial charge in [-0.05, 0) is 19.1 Å². The van der Waals surface area contributed by atoms with E-state index < -0.39 is 5.60 Å². The smallest absolute Gasteiger partial charge is 0.410 e. The van der Waals surface area contributed by atoms with E-state index in [1.54, 1.807) is 4.90 Å². The van der Waals surface area contributed by atoms with E-state index in [2.05, 4.69) is 10.2 Å². The third-order valence-corrected chi connectivity index (χ3v) is 4.92. The number of hydrogen-bond acceptors (Lipinski definition) is 5. The van der Waals surface area contributed by atoms with Crippen molar-refractivity contribution in [2.75, 3.05) is 45.9 Å². The van der Waals surface area contributed by atoms with Gasteiger partial charge in [0.05, 0.1) is 19.6 Å². The quantitative estimate of drug-likeness (QED) is 0.797. The van der Waals surface area contributed by atoms with Crippen LogP contribution in [0.5, 0.6) is 5.75 Å². The average molecular weight is 361 g/mol. The van der Waals surface area contributed by atoms with Gasteiger partial charge in [0.15, 0.2) is 0 Å².